The molecular formula is C12H18O2. The van der Waals surface area contributed by atoms with Crippen molar-refractivity contribution in [3.8, 4) is 11.5 Å². The summed E-state index contributed by atoms with van der Waals surface area (Å²) in [6.07, 6.45) is 4.63. The Balaban J connectivity index is 2.62. The van der Waals surface area contributed by atoms with Gasteiger partial charge in [0.2, 0.25) is 0 Å². The van der Waals surface area contributed by atoms with Gasteiger partial charge in [-0.2, -0.15) is 0 Å². The van der Waals surface area contributed by atoms with Crippen molar-refractivity contribution in [3.63, 3.8) is 0 Å². The fourth-order valence-electron chi connectivity index (χ4n) is 1.48. The van der Waals surface area contributed by atoms with E-state index in [9.17, 15) is 5.11 Å². The number of hydrogen-bond donors (Lipinski definition) is 1. The number of phenolic OH excluding ortho intramolecular Hbond substituents is 1. The van der Waals surface area contributed by atoms with Gasteiger partial charge >= 0.3 is 0 Å². The van der Waals surface area contributed by atoms with Gasteiger partial charge in [0.05, 0.1) is 7.11 Å². The lowest BCUT2D eigenvalue weighted by Gasteiger charge is -2.05. The maximum atomic E-state index is 9.40. The second kappa shape index (κ2) is 5.53. The standard InChI is InChI=1S/C12H18O2/c1-3-4-5-6-10-7-11(13)9-12(8-10)14-2/h7-9,13H,3-6H2,1-2H3. The molecule has 0 aliphatic rings. The monoisotopic (exact) mass is 194 g/mol. The Kier molecular flexibility index (Phi) is 4.30. The Morgan fingerprint density at radius 2 is 2.00 bits per heavy atom. The molecule has 0 amide bonds. The van der Waals surface area contributed by atoms with E-state index in [0.29, 0.717) is 0 Å². The van der Waals surface area contributed by atoms with Crippen LogP contribution in [0.15, 0.2) is 18.2 Å². The van der Waals surface area contributed by atoms with Crippen molar-refractivity contribution in [2.45, 2.75) is 32.6 Å². The predicted octanol–water partition coefficient (Wildman–Crippen LogP) is 3.13. The van der Waals surface area contributed by atoms with Crippen molar-refractivity contribution in [1.82, 2.24) is 0 Å². The molecule has 0 heterocycles. The molecule has 0 unspecified atom stereocenters. The molecule has 0 saturated carbocycles. The molecule has 1 aromatic rings. The number of ether oxygens (including phenoxy) is 1. The van der Waals surface area contributed by atoms with E-state index in [1.807, 2.05) is 6.07 Å². The second-order valence-electron chi connectivity index (χ2n) is 3.50. The first-order valence-corrected chi connectivity index (χ1v) is 5.13. The molecule has 0 saturated heterocycles. The SMILES string of the molecule is CCCCCc1cc(O)cc(OC)c1. The number of benzene rings is 1. The van der Waals surface area contributed by atoms with E-state index in [2.05, 4.69) is 6.92 Å². The fraction of sp³-hybridized carbons (Fsp3) is 0.500. The first kappa shape index (κ1) is 10.9. The van der Waals surface area contributed by atoms with Crippen molar-refractivity contribution in [1.29, 1.82) is 0 Å². The third-order valence-corrected chi connectivity index (χ3v) is 2.26. The molecule has 0 spiro atoms. The second-order valence-corrected chi connectivity index (χ2v) is 3.50. The van der Waals surface area contributed by atoms with Crippen molar-refractivity contribution < 1.29 is 9.84 Å². The molecule has 2 heteroatoms. The Hall–Kier alpha value is -1.18. The highest BCUT2D eigenvalue weighted by Gasteiger charge is 1.99. The third-order valence-electron chi connectivity index (χ3n) is 2.26. The van der Waals surface area contributed by atoms with Crippen LogP contribution in [-0.4, -0.2) is 12.2 Å². The lowest BCUT2D eigenvalue weighted by atomic mass is 10.1. The quantitative estimate of drug-likeness (QED) is 0.730. The summed E-state index contributed by atoms with van der Waals surface area (Å²) < 4.78 is 5.08. The number of unbranched alkanes of at least 4 members (excludes halogenated alkanes) is 2. The molecule has 0 bridgehead atoms. The van der Waals surface area contributed by atoms with Gasteiger partial charge in [0.1, 0.15) is 11.5 Å². The molecule has 1 rings (SSSR count). The summed E-state index contributed by atoms with van der Waals surface area (Å²) in [4.78, 5) is 0. The normalized spacial score (nSPS) is 10.1. The Morgan fingerprint density at radius 1 is 1.21 bits per heavy atom. The van der Waals surface area contributed by atoms with E-state index < -0.39 is 0 Å². The van der Waals surface area contributed by atoms with Crippen LogP contribution >= 0.6 is 0 Å². The zero-order chi connectivity index (χ0) is 10.4. The number of phenols is 1. The van der Waals surface area contributed by atoms with Crippen LogP contribution in [0.3, 0.4) is 0 Å². The van der Waals surface area contributed by atoms with Gasteiger partial charge in [0.15, 0.2) is 0 Å². The predicted molar refractivity (Wildman–Crippen MR) is 57.9 cm³/mol. The summed E-state index contributed by atoms with van der Waals surface area (Å²) >= 11 is 0. The lowest BCUT2D eigenvalue weighted by Crippen LogP contribution is -1.88. The lowest BCUT2D eigenvalue weighted by molar-refractivity contribution is 0.406. The Labute approximate surface area is 85.5 Å². The largest absolute Gasteiger partial charge is 0.508 e. The van der Waals surface area contributed by atoms with Crippen molar-refractivity contribution in [3.05, 3.63) is 23.8 Å². The molecule has 0 fully saturated rings. The van der Waals surface area contributed by atoms with E-state index in [1.165, 1.54) is 19.3 Å². The highest BCUT2D eigenvalue weighted by Crippen LogP contribution is 2.22. The van der Waals surface area contributed by atoms with Gasteiger partial charge < -0.3 is 9.84 Å². The fourth-order valence-corrected chi connectivity index (χ4v) is 1.48. The van der Waals surface area contributed by atoms with Crippen LogP contribution in [0.4, 0.5) is 0 Å². The van der Waals surface area contributed by atoms with Crippen LogP contribution in [0.1, 0.15) is 31.7 Å². The summed E-state index contributed by atoms with van der Waals surface area (Å²) in [5.74, 6) is 1.02. The van der Waals surface area contributed by atoms with Gasteiger partial charge in [-0.1, -0.05) is 19.8 Å². The van der Waals surface area contributed by atoms with Gasteiger partial charge in [-0.3, -0.25) is 0 Å². The maximum absolute atomic E-state index is 9.40. The van der Waals surface area contributed by atoms with Crippen LogP contribution < -0.4 is 4.74 Å². The van der Waals surface area contributed by atoms with E-state index in [4.69, 9.17) is 4.74 Å². The molecule has 2 nitrogen and oxygen atoms in total. The van der Waals surface area contributed by atoms with Crippen molar-refractivity contribution in [2.24, 2.45) is 0 Å². The van der Waals surface area contributed by atoms with Crippen molar-refractivity contribution in [2.75, 3.05) is 7.11 Å². The van der Waals surface area contributed by atoms with E-state index in [-0.39, 0.29) is 5.75 Å². The van der Waals surface area contributed by atoms with Gasteiger partial charge in [0, 0.05) is 6.07 Å². The number of rotatable bonds is 5. The highest BCUT2D eigenvalue weighted by molar-refractivity contribution is 5.37. The molecule has 14 heavy (non-hydrogen) atoms. The molecule has 0 atom stereocenters. The summed E-state index contributed by atoms with van der Waals surface area (Å²) in [5, 5.41) is 9.40. The molecule has 1 N–H and O–H groups in total. The van der Waals surface area contributed by atoms with Gasteiger partial charge in [-0.05, 0) is 30.5 Å². The molecule has 0 aliphatic heterocycles. The summed E-state index contributed by atoms with van der Waals surface area (Å²) in [6, 6.07) is 5.41. The topological polar surface area (TPSA) is 29.5 Å². The molecule has 0 aliphatic carbocycles. The number of hydrogen-bond acceptors (Lipinski definition) is 2. The summed E-state index contributed by atoms with van der Waals surface area (Å²) in [7, 11) is 1.62. The molecule has 0 aromatic heterocycles. The minimum absolute atomic E-state index is 0.288. The van der Waals surface area contributed by atoms with Gasteiger partial charge in [-0.15, -0.1) is 0 Å². The minimum Gasteiger partial charge on any atom is -0.508 e. The Morgan fingerprint density at radius 3 is 2.64 bits per heavy atom. The van der Waals surface area contributed by atoms with Crippen LogP contribution in [0, 0.1) is 0 Å². The molecule has 1 aromatic carbocycles. The van der Waals surface area contributed by atoms with E-state index >= 15 is 0 Å². The molecule has 0 radical (unpaired) electrons. The van der Waals surface area contributed by atoms with E-state index in [0.717, 1.165) is 17.7 Å². The zero-order valence-corrected chi connectivity index (χ0v) is 8.92. The maximum Gasteiger partial charge on any atom is 0.122 e. The minimum atomic E-state index is 0.288. The third kappa shape index (κ3) is 3.29. The number of methoxy groups -OCH3 is 1. The van der Waals surface area contributed by atoms with Crippen LogP contribution in [0.2, 0.25) is 0 Å². The van der Waals surface area contributed by atoms with E-state index in [1.54, 1.807) is 19.2 Å². The first-order chi connectivity index (χ1) is 6.76. The first-order valence-electron chi connectivity index (χ1n) is 5.13. The van der Waals surface area contributed by atoms with Crippen LogP contribution in [0.5, 0.6) is 11.5 Å². The van der Waals surface area contributed by atoms with Crippen molar-refractivity contribution >= 4 is 0 Å². The number of aryl methyl sites for hydroxylation is 1. The average molecular weight is 194 g/mol. The zero-order valence-electron chi connectivity index (χ0n) is 8.92. The molecular weight excluding hydrogens is 176 g/mol. The summed E-state index contributed by atoms with van der Waals surface area (Å²) in [5.41, 5.74) is 1.15. The average Bonchev–Trinajstić information content (AvgIpc) is 2.17. The Bertz CT molecular complexity index is 282. The smallest absolute Gasteiger partial charge is 0.122 e. The van der Waals surface area contributed by atoms with Gasteiger partial charge in [-0.25, -0.2) is 0 Å². The van der Waals surface area contributed by atoms with Gasteiger partial charge in [0.25, 0.3) is 0 Å². The summed E-state index contributed by atoms with van der Waals surface area (Å²) in [6.45, 7) is 2.18. The molecule has 78 valence electrons. The number of aromatic hydroxyl groups is 1. The van der Waals surface area contributed by atoms with Crippen LogP contribution in [0.25, 0.3) is 0 Å². The highest BCUT2D eigenvalue weighted by atomic mass is 16.5. The van der Waals surface area contributed by atoms with Crippen LogP contribution in [-0.2, 0) is 6.42 Å².